The summed E-state index contributed by atoms with van der Waals surface area (Å²) in [7, 11) is 0. The minimum Gasteiger partial charge on any atom is -0.458 e. The summed E-state index contributed by atoms with van der Waals surface area (Å²) in [5, 5.41) is 9.63. The van der Waals surface area contributed by atoms with Crippen LogP contribution in [-0.4, -0.2) is 53.0 Å². The molecule has 0 radical (unpaired) electrons. The highest BCUT2D eigenvalue weighted by molar-refractivity contribution is 5.82. The molecule has 1 aliphatic rings. The first-order valence-electron chi connectivity index (χ1n) is 6.59. The average Bonchev–Trinajstić information content (AvgIpc) is 2.26. The van der Waals surface area contributed by atoms with Crippen LogP contribution in [0.5, 0.6) is 0 Å². The second-order valence-corrected chi connectivity index (χ2v) is 5.63. The third kappa shape index (κ3) is 4.70. The number of ether oxygens (including phenoxy) is 2. The van der Waals surface area contributed by atoms with E-state index in [4.69, 9.17) is 9.47 Å². The predicted molar refractivity (Wildman–Crippen MR) is 68.6 cm³/mol. The molecular formula is C13H23NO5. The third-order valence-electron chi connectivity index (χ3n) is 2.74. The molecule has 0 aromatic rings. The van der Waals surface area contributed by atoms with Gasteiger partial charge >= 0.3 is 12.1 Å². The second kappa shape index (κ2) is 6.23. The van der Waals surface area contributed by atoms with Crippen molar-refractivity contribution in [3.05, 3.63) is 0 Å². The van der Waals surface area contributed by atoms with Crippen LogP contribution in [0.4, 0.5) is 4.79 Å². The van der Waals surface area contributed by atoms with Crippen molar-refractivity contribution in [2.24, 2.45) is 0 Å². The number of piperidine rings is 1. The zero-order chi connectivity index (χ0) is 14.6. The highest BCUT2D eigenvalue weighted by atomic mass is 16.6. The number of amides is 1. The van der Waals surface area contributed by atoms with E-state index >= 15 is 0 Å². The van der Waals surface area contributed by atoms with E-state index in [9.17, 15) is 14.7 Å². The molecule has 1 heterocycles. The molecule has 1 amide bonds. The lowest BCUT2D eigenvalue weighted by Gasteiger charge is -2.36. The summed E-state index contributed by atoms with van der Waals surface area (Å²) in [4.78, 5) is 25.2. The zero-order valence-electron chi connectivity index (χ0n) is 12.0. The first-order chi connectivity index (χ1) is 8.74. The fourth-order valence-electron chi connectivity index (χ4n) is 1.97. The first kappa shape index (κ1) is 15.8. The SMILES string of the molecule is CCOC(=O)N1C[C@H](O)CC[C@H]1C(=O)OC(C)(C)C. The van der Waals surface area contributed by atoms with Crippen molar-refractivity contribution in [2.75, 3.05) is 13.2 Å². The monoisotopic (exact) mass is 273 g/mol. The fraction of sp³-hybridized carbons (Fsp3) is 0.846. The Bertz CT molecular complexity index is 336. The average molecular weight is 273 g/mol. The molecule has 1 aliphatic heterocycles. The van der Waals surface area contributed by atoms with Crippen LogP contribution >= 0.6 is 0 Å². The molecule has 0 saturated carbocycles. The van der Waals surface area contributed by atoms with Crippen LogP contribution in [0, 0.1) is 0 Å². The van der Waals surface area contributed by atoms with Gasteiger partial charge in [0.25, 0.3) is 0 Å². The minimum absolute atomic E-state index is 0.0999. The van der Waals surface area contributed by atoms with Crippen molar-refractivity contribution < 1.29 is 24.2 Å². The van der Waals surface area contributed by atoms with E-state index in [1.165, 1.54) is 4.90 Å². The van der Waals surface area contributed by atoms with E-state index in [1.54, 1.807) is 27.7 Å². The number of carbonyl (C=O) groups is 2. The molecule has 1 saturated heterocycles. The lowest BCUT2D eigenvalue weighted by Crippen LogP contribution is -2.53. The van der Waals surface area contributed by atoms with Gasteiger partial charge in [0.05, 0.1) is 19.3 Å². The Labute approximate surface area is 113 Å². The number of aliphatic hydroxyl groups is 1. The number of β-amino-alcohol motifs (C(OH)–C–C–N with tert-alkyl or cyclic N) is 1. The van der Waals surface area contributed by atoms with Crippen LogP contribution in [-0.2, 0) is 14.3 Å². The van der Waals surface area contributed by atoms with E-state index in [-0.39, 0.29) is 13.2 Å². The molecule has 6 nitrogen and oxygen atoms in total. The number of carbonyl (C=O) groups excluding carboxylic acids is 2. The zero-order valence-corrected chi connectivity index (χ0v) is 12.0. The van der Waals surface area contributed by atoms with Crippen LogP contribution in [0.3, 0.4) is 0 Å². The minimum atomic E-state index is -0.679. The Morgan fingerprint density at radius 1 is 1.32 bits per heavy atom. The van der Waals surface area contributed by atoms with Gasteiger partial charge in [0, 0.05) is 0 Å². The van der Waals surface area contributed by atoms with Gasteiger partial charge in [-0.3, -0.25) is 4.90 Å². The van der Waals surface area contributed by atoms with Crippen LogP contribution in [0.1, 0.15) is 40.5 Å². The van der Waals surface area contributed by atoms with Crippen molar-refractivity contribution >= 4 is 12.1 Å². The van der Waals surface area contributed by atoms with Crippen molar-refractivity contribution in [1.29, 1.82) is 0 Å². The van der Waals surface area contributed by atoms with Gasteiger partial charge in [0.1, 0.15) is 11.6 Å². The molecule has 0 aliphatic carbocycles. The number of aliphatic hydroxyl groups excluding tert-OH is 1. The van der Waals surface area contributed by atoms with Crippen LogP contribution in [0.15, 0.2) is 0 Å². The molecule has 110 valence electrons. The Hall–Kier alpha value is -1.30. The van der Waals surface area contributed by atoms with E-state index in [0.717, 1.165) is 0 Å². The number of nitrogens with zero attached hydrogens (tertiary/aromatic N) is 1. The van der Waals surface area contributed by atoms with Gasteiger partial charge in [-0.15, -0.1) is 0 Å². The second-order valence-electron chi connectivity index (χ2n) is 5.63. The highest BCUT2D eigenvalue weighted by Gasteiger charge is 2.38. The van der Waals surface area contributed by atoms with E-state index in [1.807, 2.05) is 0 Å². The van der Waals surface area contributed by atoms with Crippen molar-refractivity contribution in [2.45, 2.75) is 58.3 Å². The van der Waals surface area contributed by atoms with E-state index in [2.05, 4.69) is 0 Å². The van der Waals surface area contributed by atoms with Crippen molar-refractivity contribution in [3.8, 4) is 0 Å². The predicted octanol–water partition coefficient (Wildman–Crippen LogP) is 1.31. The smallest absolute Gasteiger partial charge is 0.410 e. The summed E-state index contributed by atoms with van der Waals surface area (Å²) in [6, 6.07) is -0.679. The number of hydrogen-bond acceptors (Lipinski definition) is 5. The molecule has 0 aromatic heterocycles. The Morgan fingerprint density at radius 2 is 1.95 bits per heavy atom. The Morgan fingerprint density at radius 3 is 2.47 bits per heavy atom. The molecule has 1 fully saturated rings. The summed E-state index contributed by atoms with van der Waals surface area (Å²) in [5.74, 6) is -0.451. The topological polar surface area (TPSA) is 76.1 Å². The highest BCUT2D eigenvalue weighted by Crippen LogP contribution is 2.21. The molecule has 0 bridgehead atoms. The molecule has 0 unspecified atom stereocenters. The largest absolute Gasteiger partial charge is 0.458 e. The van der Waals surface area contributed by atoms with Gasteiger partial charge in [-0.25, -0.2) is 9.59 Å². The van der Waals surface area contributed by atoms with Gasteiger partial charge in [-0.05, 0) is 40.5 Å². The lowest BCUT2D eigenvalue weighted by molar-refractivity contribution is -0.163. The van der Waals surface area contributed by atoms with Crippen LogP contribution < -0.4 is 0 Å². The Balaban J connectivity index is 2.77. The first-order valence-corrected chi connectivity index (χ1v) is 6.59. The molecule has 19 heavy (non-hydrogen) atoms. The Kier molecular flexibility index (Phi) is 5.17. The number of hydrogen-bond donors (Lipinski definition) is 1. The van der Waals surface area contributed by atoms with Crippen LogP contribution in [0.2, 0.25) is 0 Å². The molecule has 0 spiro atoms. The molecule has 1 N–H and O–H groups in total. The van der Waals surface area contributed by atoms with Crippen molar-refractivity contribution in [3.63, 3.8) is 0 Å². The molecule has 2 atom stereocenters. The summed E-state index contributed by atoms with van der Waals surface area (Å²) in [6.45, 7) is 7.35. The van der Waals surface area contributed by atoms with Gasteiger partial charge in [0.15, 0.2) is 0 Å². The van der Waals surface area contributed by atoms with E-state index < -0.39 is 29.8 Å². The lowest BCUT2D eigenvalue weighted by atomic mass is 10.0. The summed E-state index contributed by atoms with van der Waals surface area (Å²) in [6.07, 6.45) is -0.352. The van der Waals surface area contributed by atoms with E-state index in [0.29, 0.717) is 12.8 Å². The van der Waals surface area contributed by atoms with Gasteiger partial charge < -0.3 is 14.6 Å². The number of likely N-dealkylation sites (tertiary alicyclic amines) is 1. The summed E-state index contributed by atoms with van der Waals surface area (Å²) < 4.78 is 10.2. The van der Waals surface area contributed by atoms with Crippen LogP contribution in [0.25, 0.3) is 0 Å². The third-order valence-corrected chi connectivity index (χ3v) is 2.74. The van der Waals surface area contributed by atoms with Gasteiger partial charge in [0.2, 0.25) is 0 Å². The summed E-state index contributed by atoms with van der Waals surface area (Å²) >= 11 is 0. The maximum Gasteiger partial charge on any atom is 0.410 e. The summed E-state index contributed by atoms with van der Waals surface area (Å²) in [5.41, 5.74) is -0.604. The standard InChI is InChI=1S/C13H23NO5/c1-5-18-12(17)14-8-9(15)6-7-10(14)11(16)19-13(2,3)4/h9-10,15H,5-8H2,1-4H3/t9-,10+/m1/s1. The molecule has 1 rings (SSSR count). The molecular weight excluding hydrogens is 250 g/mol. The fourth-order valence-corrected chi connectivity index (χ4v) is 1.97. The maximum absolute atomic E-state index is 12.1. The molecule has 6 heteroatoms. The maximum atomic E-state index is 12.1. The molecule has 0 aromatic carbocycles. The number of rotatable bonds is 2. The van der Waals surface area contributed by atoms with Gasteiger partial charge in [-0.2, -0.15) is 0 Å². The number of esters is 1. The van der Waals surface area contributed by atoms with Gasteiger partial charge in [-0.1, -0.05) is 0 Å². The van der Waals surface area contributed by atoms with Crippen molar-refractivity contribution in [1.82, 2.24) is 4.90 Å². The normalized spacial score (nSPS) is 23.9. The quantitative estimate of drug-likeness (QED) is 0.768.